The normalized spacial score (nSPS) is 11.2. The third kappa shape index (κ3) is 11.1. The van der Waals surface area contributed by atoms with Crippen molar-refractivity contribution >= 4 is 12.2 Å². The Hall–Kier alpha value is -2.28. The van der Waals surface area contributed by atoms with Crippen LogP contribution in [0.25, 0.3) is 0 Å². The largest absolute Gasteiger partial charge is 0.447 e. The Morgan fingerprint density at radius 3 is 2.37 bits per heavy atom. The van der Waals surface area contributed by atoms with E-state index in [0.717, 1.165) is 5.56 Å². The smallest absolute Gasteiger partial charge is 0.410 e. The molecule has 1 N–H and O–H groups in total. The average Bonchev–Trinajstić information content (AvgIpc) is 2.57. The van der Waals surface area contributed by atoms with Crippen LogP contribution >= 0.6 is 0 Å². The van der Waals surface area contributed by atoms with E-state index in [1.807, 2.05) is 44.2 Å². The molecule has 7 heteroatoms. The van der Waals surface area contributed by atoms with Crippen LogP contribution in [0.4, 0.5) is 9.59 Å². The van der Waals surface area contributed by atoms with Gasteiger partial charge in [0.25, 0.3) is 0 Å². The highest BCUT2D eigenvalue weighted by molar-refractivity contribution is 5.69. The molecule has 0 heterocycles. The summed E-state index contributed by atoms with van der Waals surface area (Å²) in [6.07, 6.45) is -0.875. The molecule has 0 aliphatic rings. The minimum atomic E-state index is -0.566. The molecule has 0 saturated carbocycles. The zero-order valence-electron chi connectivity index (χ0n) is 17.0. The second-order valence-corrected chi connectivity index (χ2v) is 7.37. The molecule has 0 aliphatic heterocycles. The first-order valence-corrected chi connectivity index (χ1v) is 9.21. The van der Waals surface area contributed by atoms with Crippen molar-refractivity contribution in [2.45, 2.75) is 52.9 Å². The minimum Gasteiger partial charge on any atom is -0.447 e. The van der Waals surface area contributed by atoms with Crippen molar-refractivity contribution in [2.75, 3.05) is 26.3 Å². The van der Waals surface area contributed by atoms with Crippen LogP contribution in [0.1, 0.15) is 40.2 Å². The second-order valence-electron chi connectivity index (χ2n) is 7.37. The summed E-state index contributed by atoms with van der Waals surface area (Å²) >= 11 is 0. The Labute approximate surface area is 162 Å². The lowest BCUT2D eigenvalue weighted by Crippen LogP contribution is -2.40. The molecule has 0 aliphatic carbocycles. The Morgan fingerprint density at radius 1 is 1.11 bits per heavy atom. The highest BCUT2D eigenvalue weighted by Gasteiger charge is 2.18. The number of nitrogens with zero attached hydrogens (tertiary/aromatic N) is 1. The fraction of sp³-hybridized carbons (Fsp3) is 0.600. The van der Waals surface area contributed by atoms with Crippen LogP contribution in [0.3, 0.4) is 0 Å². The zero-order chi connectivity index (χ0) is 20.3. The maximum absolute atomic E-state index is 12.4. The van der Waals surface area contributed by atoms with E-state index in [1.165, 1.54) is 0 Å². The van der Waals surface area contributed by atoms with E-state index in [1.54, 1.807) is 25.7 Å². The zero-order valence-corrected chi connectivity index (χ0v) is 17.0. The second kappa shape index (κ2) is 11.4. The van der Waals surface area contributed by atoms with E-state index >= 15 is 0 Å². The lowest BCUT2D eigenvalue weighted by molar-refractivity contribution is 0.0281. The predicted molar refractivity (Wildman–Crippen MR) is 104 cm³/mol. The SMILES string of the molecule is CC(C)OCCOC(=O)N(CCNC(=O)OC(C)(C)C)Cc1ccccc1. The first kappa shape index (κ1) is 22.8. The van der Waals surface area contributed by atoms with Crippen molar-refractivity contribution in [1.82, 2.24) is 10.2 Å². The summed E-state index contributed by atoms with van der Waals surface area (Å²) in [5.41, 5.74) is 0.411. The molecule has 0 bridgehead atoms. The van der Waals surface area contributed by atoms with Gasteiger partial charge < -0.3 is 24.4 Å². The molecular formula is C20H32N2O5. The van der Waals surface area contributed by atoms with Crippen LogP contribution in [0.15, 0.2) is 30.3 Å². The summed E-state index contributed by atoms with van der Waals surface area (Å²) in [5.74, 6) is 0. The molecule has 152 valence electrons. The Kier molecular flexibility index (Phi) is 9.64. The molecule has 0 saturated heterocycles. The molecule has 0 aromatic heterocycles. The first-order chi connectivity index (χ1) is 12.7. The van der Waals surface area contributed by atoms with Gasteiger partial charge in [-0.05, 0) is 40.2 Å². The molecule has 1 rings (SSSR count). The van der Waals surface area contributed by atoms with Gasteiger partial charge in [-0.25, -0.2) is 9.59 Å². The number of alkyl carbamates (subject to hydrolysis) is 1. The Morgan fingerprint density at radius 2 is 1.78 bits per heavy atom. The lowest BCUT2D eigenvalue weighted by atomic mass is 10.2. The fourth-order valence-corrected chi connectivity index (χ4v) is 2.15. The van der Waals surface area contributed by atoms with E-state index < -0.39 is 17.8 Å². The summed E-state index contributed by atoms with van der Waals surface area (Å²) in [7, 11) is 0. The monoisotopic (exact) mass is 380 g/mol. The maximum Gasteiger partial charge on any atom is 0.410 e. The number of carbonyl (C=O) groups excluding carboxylic acids is 2. The van der Waals surface area contributed by atoms with Crippen molar-refractivity contribution in [3.05, 3.63) is 35.9 Å². The number of hydrogen-bond donors (Lipinski definition) is 1. The summed E-state index contributed by atoms with van der Waals surface area (Å²) in [4.78, 5) is 25.7. The molecule has 0 radical (unpaired) electrons. The number of amides is 2. The van der Waals surface area contributed by atoms with Crippen molar-refractivity contribution in [3.63, 3.8) is 0 Å². The summed E-state index contributed by atoms with van der Waals surface area (Å²) < 4.78 is 15.9. The van der Waals surface area contributed by atoms with Gasteiger partial charge in [0.2, 0.25) is 0 Å². The molecule has 2 amide bonds. The van der Waals surface area contributed by atoms with Crippen LogP contribution in [-0.2, 0) is 20.8 Å². The summed E-state index contributed by atoms with van der Waals surface area (Å²) in [6, 6.07) is 9.61. The summed E-state index contributed by atoms with van der Waals surface area (Å²) in [6.45, 7) is 10.7. The van der Waals surface area contributed by atoms with Crippen molar-refractivity contribution in [2.24, 2.45) is 0 Å². The van der Waals surface area contributed by atoms with Gasteiger partial charge in [-0.3, -0.25) is 0 Å². The van der Waals surface area contributed by atoms with Crippen LogP contribution < -0.4 is 5.32 Å². The van der Waals surface area contributed by atoms with Crippen LogP contribution in [0.2, 0.25) is 0 Å². The first-order valence-electron chi connectivity index (χ1n) is 9.21. The topological polar surface area (TPSA) is 77.1 Å². The standard InChI is InChI=1S/C20H32N2O5/c1-16(2)25-13-14-26-19(24)22(15-17-9-7-6-8-10-17)12-11-21-18(23)27-20(3,4)5/h6-10,16H,11-15H2,1-5H3,(H,21,23). The van der Waals surface area contributed by atoms with Crippen molar-refractivity contribution < 1.29 is 23.8 Å². The van der Waals surface area contributed by atoms with Crippen molar-refractivity contribution in [3.8, 4) is 0 Å². The molecule has 0 atom stereocenters. The van der Waals surface area contributed by atoms with Gasteiger partial charge in [-0.2, -0.15) is 0 Å². The van der Waals surface area contributed by atoms with Gasteiger partial charge in [0, 0.05) is 19.6 Å². The third-order valence-electron chi connectivity index (χ3n) is 3.28. The highest BCUT2D eigenvalue weighted by atomic mass is 16.6. The van der Waals surface area contributed by atoms with Crippen LogP contribution in [0.5, 0.6) is 0 Å². The molecule has 0 unspecified atom stereocenters. The number of benzene rings is 1. The van der Waals surface area contributed by atoms with Crippen molar-refractivity contribution in [1.29, 1.82) is 0 Å². The minimum absolute atomic E-state index is 0.0853. The molecule has 1 aromatic rings. The van der Waals surface area contributed by atoms with Gasteiger partial charge >= 0.3 is 12.2 Å². The number of ether oxygens (including phenoxy) is 3. The van der Waals surface area contributed by atoms with E-state index in [4.69, 9.17) is 14.2 Å². The molecule has 1 aromatic carbocycles. The van der Waals surface area contributed by atoms with Gasteiger partial charge in [0.05, 0.1) is 12.7 Å². The number of nitrogens with one attached hydrogen (secondary N) is 1. The molecule has 27 heavy (non-hydrogen) atoms. The van der Waals surface area contributed by atoms with E-state index in [2.05, 4.69) is 5.32 Å². The van der Waals surface area contributed by atoms with E-state index in [-0.39, 0.29) is 19.3 Å². The molecular weight excluding hydrogens is 348 g/mol. The fourth-order valence-electron chi connectivity index (χ4n) is 2.15. The van der Waals surface area contributed by atoms with E-state index in [9.17, 15) is 9.59 Å². The maximum atomic E-state index is 12.4. The molecule has 0 fully saturated rings. The number of rotatable bonds is 9. The quantitative estimate of drug-likeness (QED) is 0.663. The van der Waals surface area contributed by atoms with E-state index in [0.29, 0.717) is 19.7 Å². The third-order valence-corrected chi connectivity index (χ3v) is 3.28. The molecule has 0 spiro atoms. The van der Waals surface area contributed by atoms with Gasteiger partial charge in [-0.15, -0.1) is 0 Å². The predicted octanol–water partition coefficient (Wildman–Crippen LogP) is 3.57. The lowest BCUT2D eigenvalue weighted by Gasteiger charge is -2.24. The summed E-state index contributed by atoms with van der Waals surface area (Å²) in [5, 5.41) is 2.66. The van der Waals surface area contributed by atoms with Gasteiger partial charge in [0.15, 0.2) is 0 Å². The Bertz CT molecular complexity index is 569. The van der Waals surface area contributed by atoms with Gasteiger partial charge in [-0.1, -0.05) is 30.3 Å². The highest BCUT2D eigenvalue weighted by Crippen LogP contribution is 2.08. The number of hydrogen-bond acceptors (Lipinski definition) is 5. The van der Waals surface area contributed by atoms with Gasteiger partial charge in [0.1, 0.15) is 12.2 Å². The number of carbonyl (C=O) groups is 2. The van der Waals surface area contributed by atoms with Crippen LogP contribution in [0, 0.1) is 0 Å². The molecule has 7 nitrogen and oxygen atoms in total. The average molecular weight is 380 g/mol. The van der Waals surface area contributed by atoms with Crippen LogP contribution in [-0.4, -0.2) is 55.1 Å². The Balaban J connectivity index is 2.54.